The van der Waals surface area contributed by atoms with E-state index in [1.807, 2.05) is 0 Å². The van der Waals surface area contributed by atoms with Gasteiger partial charge in [-0.25, -0.2) is 0 Å². The highest BCUT2D eigenvalue weighted by atomic mass is 16.5. The van der Waals surface area contributed by atoms with Crippen LogP contribution in [0.2, 0.25) is 0 Å². The van der Waals surface area contributed by atoms with E-state index in [1.54, 1.807) is 30.3 Å². The van der Waals surface area contributed by atoms with E-state index in [-0.39, 0.29) is 17.3 Å². The summed E-state index contributed by atoms with van der Waals surface area (Å²) < 4.78 is 9.90. The van der Waals surface area contributed by atoms with Crippen molar-refractivity contribution in [2.24, 2.45) is 0 Å². The van der Waals surface area contributed by atoms with Gasteiger partial charge in [-0.15, -0.1) is 0 Å². The lowest BCUT2D eigenvalue weighted by atomic mass is 10.1. The highest BCUT2D eigenvalue weighted by Crippen LogP contribution is 2.27. The molecule has 0 spiro atoms. The first-order valence-corrected chi connectivity index (χ1v) is 7.97. The number of methoxy groups -OCH3 is 2. The van der Waals surface area contributed by atoms with Crippen molar-refractivity contribution in [3.05, 3.63) is 71.5 Å². The van der Waals surface area contributed by atoms with Gasteiger partial charge in [0.15, 0.2) is 28.8 Å². The standard InChI is InChI=1S/C21H20O6/c1-26-20-9-5-14(11-18(20)24)3-7-16(22)13-17(23)8-4-15-6-10-21(27-2)19(25)12-15/h3-13,22,24-25H,1-2H3/b7-3+,8-4+,16-13-. The molecule has 0 unspecified atom stereocenters. The number of ether oxygens (including phenoxy) is 2. The van der Waals surface area contributed by atoms with Gasteiger partial charge in [-0.2, -0.15) is 0 Å². The summed E-state index contributed by atoms with van der Waals surface area (Å²) in [6, 6.07) is 9.48. The Morgan fingerprint density at radius 2 is 1.33 bits per heavy atom. The van der Waals surface area contributed by atoms with E-state index in [2.05, 4.69) is 0 Å². The molecule has 0 saturated heterocycles. The summed E-state index contributed by atoms with van der Waals surface area (Å²) in [7, 11) is 2.90. The third kappa shape index (κ3) is 5.67. The summed E-state index contributed by atoms with van der Waals surface area (Å²) in [5.74, 6) is -0.0360. The largest absolute Gasteiger partial charge is 0.508 e. The zero-order valence-corrected chi connectivity index (χ0v) is 14.9. The van der Waals surface area contributed by atoms with Gasteiger partial charge in [0.1, 0.15) is 5.76 Å². The molecule has 0 heterocycles. The predicted octanol–water partition coefficient (Wildman–Crippen LogP) is 3.85. The molecule has 2 aromatic carbocycles. The van der Waals surface area contributed by atoms with E-state index in [4.69, 9.17) is 9.47 Å². The van der Waals surface area contributed by atoms with Crippen molar-refractivity contribution in [1.29, 1.82) is 0 Å². The molecule has 0 bridgehead atoms. The Labute approximate surface area is 156 Å². The summed E-state index contributed by atoms with van der Waals surface area (Å²) in [5, 5.41) is 29.2. The number of benzene rings is 2. The summed E-state index contributed by atoms with van der Waals surface area (Å²) >= 11 is 0. The maximum absolute atomic E-state index is 11.9. The number of allylic oxidation sites excluding steroid dienone is 3. The van der Waals surface area contributed by atoms with E-state index in [1.165, 1.54) is 44.6 Å². The van der Waals surface area contributed by atoms with Crippen molar-refractivity contribution in [3.63, 3.8) is 0 Å². The van der Waals surface area contributed by atoms with Crippen molar-refractivity contribution in [2.75, 3.05) is 14.2 Å². The molecule has 0 amide bonds. The molecule has 2 aromatic rings. The second-order valence-corrected chi connectivity index (χ2v) is 5.50. The minimum Gasteiger partial charge on any atom is -0.508 e. The van der Waals surface area contributed by atoms with Crippen LogP contribution in [0.25, 0.3) is 12.2 Å². The van der Waals surface area contributed by atoms with Gasteiger partial charge in [0.25, 0.3) is 0 Å². The van der Waals surface area contributed by atoms with Gasteiger partial charge in [0.2, 0.25) is 0 Å². The fourth-order valence-electron chi connectivity index (χ4n) is 2.22. The molecular formula is C21H20O6. The Kier molecular flexibility index (Phi) is 6.66. The first-order chi connectivity index (χ1) is 12.9. The van der Waals surface area contributed by atoms with Crippen molar-refractivity contribution in [3.8, 4) is 23.0 Å². The Morgan fingerprint density at radius 3 is 1.78 bits per heavy atom. The van der Waals surface area contributed by atoms with Gasteiger partial charge in [-0.1, -0.05) is 24.3 Å². The maximum atomic E-state index is 11.9. The van der Waals surface area contributed by atoms with Crippen LogP contribution in [0.4, 0.5) is 0 Å². The molecule has 2 rings (SSSR count). The molecule has 3 N–H and O–H groups in total. The zero-order chi connectivity index (χ0) is 19.8. The van der Waals surface area contributed by atoms with Crippen molar-refractivity contribution in [2.45, 2.75) is 0 Å². The van der Waals surface area contributed by atoms with Crippen LogP contribution in [0.5, 0.6) is 23.0 Å². The van der Waals surface area contributed by atoms with Crippen LogP contribution >= 0.6 is 0 Å². The first-order valence-electron chi connectivity index (χ1n) is 7.97. The highest BCUT2D eigenvalue weighted by molar-refractivity contribution is 6.02. The second kappa shape index (κ2) is 9.15. The summed E-state index contributed by atoms with van der Waals surface area (Å²) in [6.07, 6.45) is 6.72. The van der Waals surface area contributed by atoms with Crippen LogP contribution in [0.15, 0.2) is 60.4 Å². The number of aliphatic hydroxyl groups is 1. The molecule has 0 aromatic heterocycles. The lowest BCUT2D eigenvalue weighted by Crippen LogP contribution is -1.89. The van der Waals surface area contributed by atoms with Crippen molar-refractivity contribution >= 4 is 17.9 Å². The Bertz CT molecular complexity index is 909. The normalized spacial score (nSPS) is 11.9. The third-order valence-electron chi connectivity index (χ3n) is 3.58. The van der Waals surface area contributed by atoms with Crippen LogP contribution in [-0.2, 0) is 4.79 Å². The number of aromatic hydroxyl groups is 2. The molecular weight excluding hydrogens is 348 g/mol. The summed E-state index contributed by atoms with van der Waals surface area (Å²) in [4.78, 5) is 11.9. The van der Waals surface area contributed by atoms with Crippen LogP contribution in [-0.4, -0.2) is 35.3 Å². The maximum Gasteiger partial charge on any atom is 0.182 e. The molecule has 0 saturated carbocycles. The molecule has 6 nitrogen and oxygen atoms in total. The number of phenolic OH excluding ortho intramolecular Hbond substituents is 2. The molecule has 6 heteroatoms. The van der Waals surface area contributed by atoms with Crippen LogP contribution in [0, 0.1) is 0 Å². The molecule has 140 valence electrons. The van der Waals surface area contributed by atoms with E-state index < -0.39 is 5.78 Å². The fraction of sp³-hybridized carbons (Fsp3) is 0.0952. The molecule has 0 atom stereocenters. The van der Waals surface area contributed by atoms with E-state index >= 15 is 0 Å². The van der Waals surface area contributed by atoms with Gasteiger partial charge in [0.05, 0.1) is 14.2 Å². The minimum atomic E-state index is -0.426. The third-order valence-corrected chi connectivity index (χ3v) is 3.58. The van der Waals surface area contributed by atoms with Gasteiger partial charge >= 0.3 is 0 Å². The van der Waals surface area contributed by atoms with Gasteiger partial charge in [-0.3, -0.25) is 4.79 Å². The van der Waals surface area contributed by atoms with Gasteiger partial charge < -0.3 is 24.8 Å². The monoisotopic (exact) mass is 368 g/mol. The lowest BCUT2D eigenvalue weighted by molar-refractivity contribution is -0.110. The molecule has 27 heavy (non-hydrogen) atoms. The van der Waals surface area contributed by atoms with Crippen molar-refractivity contribution in [1.82, 2.24) is 0 Å². The number of rotatable bonds is 7. The molecule has 0 fully saturated rings. The number of hydrogen-bond donors (Lipinski definition) is 3. The Hall–Kier alpha value is -3.67. The number of carbonyl (C=O) groups is 1. The second-order valence-electron chi connectivity index (χ2n) is 5.50. The van der Waals surface area contributed by atoms with Gasteiger partial charge in [-0.05, 0) is 47.5 Å². The molecule has 0 aliphatic rings. The average molecular weight is 368 g/mol. The summed E-state index contributed by atoms with van der Waals surface area (Å²) in [6.45, 7) is 0. The number of carbonyl (C=O) groups excluding carboxylic acids is 1. The highest BCUT2D eigenvalue weighted by Gasteiger charge is 2.02. The van der Waals surface area contributed by atoms with Crippen LogP contribution in [0.3, 0.4) is 0 Å². The topological polar surface area (TPSA) is 96.2 Å². The lowest BCUT2D eigenvalue weighted by Gasteiger charge is -2.03. The number of ketones is 1. The minimum absolute atomic E-state index is 0.0233. The zero-order valence-electron chi connectivity index (χ0n) is 14.9. The van der Waals surface area contributed by atoms with Crippen LogP contribution < -0.4 is 9.47 Å². The quantitative estimate of drug-likeness (QED) is 0.390. The van der Waals surface area contributed by atoms with E-state index in [0.29, 0.717) is 22.6 Å². The molecule has 0 aliphatic carbocycles. The first kappa shape index (κ1) is 19.7. The molecule has 0 aliphatic heterocycles. The number of phenols is 2. The predicted molar refractivity (Wildman–Crippen MR) is 103 cm³/mol. The fourth-order valence-corrected chi connectivity index (χ4v) is 2.22. The number of aliphatic hydroxyl groups excluding tert-OH is 1. The van der Waals surface area contributed by atoms with E-state index in [0.717, 1.165) is 6.08 Å². The molecule has 0 radical (unpaired) electrons. The Morgan fingerprint density at radius 1 is 0.852 bits per heavy atom. The smallest absolute Gasteiger partial charge is 0.182 e. The Balaban J connectivity index is 2.03. The number of hydrogen-bond acceptors (Lipinski definition) is 6. The average Bonchev–Trinajstić information content (AvgIpc) is 2.65. The SMILES string of the molecule is COc1ccc(/C=C/C(=O)/C=C(O)/C=C/c2ccc(OC)c(O)c2)cc1O. The summed E-state index contributed by atoms with van der Waals surface area (Å²) in [5.41, 5.74) is 1.24. The van der Waals surface area contributed by atoms with Crippen molar-refractivity contribution < 1.29 is 29.6 Å². The van der Waals surface area contributed by atoms with E-state index in [9.17, 15) is 20.1 Å². The van der Waals surface area contributed by atoms with Gasteiger partial charge in [0, 0.05) is 6.08 Å². The van der Waals surface area contributed by atoms with Crippen LogP contribution in [0.1, 0.15) is 11.1 Å².